The van der Waals surface area contributed by atoms with Crippen LogP contribution in [0.1, 0.15) is 25.7 Å². The predicted molar refractivity (Wildman–Crippen MR) is 133 cm³/mol. The molecule has 180 valence electrons. The number of aliphatic carboxylic acids is 1. The van der Waals surface area contributed by atoms with E-state index in [2.05, 4.69) is 14.8 Å². The van der Waals surface area contributed by atoms with Gasteiger partial charge in [0.2, 0.25) is 0 Å². The van der Waals surface area contributed by atoms with Gasteiger partial charge in [0, 0.05) is 12.6 Å². The highest BCUT2D eigenvalue weighted by atomic mass is 32.1. The van der Waals surface area contributed by atoms with Gasteiger partial charge in [0.15, 0.2) is 0 Å². The second-order valence-corrected chi connectivity index (χ2v) is 10.1. The Morgan fingerprint density at radius 2 is 1.68 bits per heavy atom. The van der Waals surface area contributed by atoms with Crippen molar-refractivity contribution >= 4 is 27.5 Å². The second kappa shape index (κ2) is 10.7. The molecule has 34 heavy (non-hydrogen) atoms. The minimum Gasteiger partial charge on any atom is -0.492 e. The molecule has 0 aliphatic carbocycles. The number of piperidine rings is 2. The number of thiazole rings is 1. The fourth-order valence-corrected chi connectivity index (χ4v) is 5.75. The van der Waals surface area contributed by atoms with Crippen LogP contribution in [0.3, 0.4) is 0 Å². The predicted octanol–water partition coefficient (Wildman–Crippen LogP) is 4.73. The molecule has 3 aromatic rings. The van der Waals surface area contributed by atoms with Gasteiger partial charge in [-0.25, -0.2) is 4.98 Å². The Morgan fingerprint density at radius 3 is 2.38 bits per heavy atom. The summed E-state index contributed by atoms with van der Waals surface area (Å²) in [5.41, 5.74) is 0.953. The molecule has 2 fully saturated rings. The third-order valence-electron chi connectivity index (χ3n) is 6.93. The number of rotatable bonds is 8. The van der Waals surface area contributed by atoms with Crippen molar-refractivity contribution in [2.45, 2.75) is 31.7 Å². The Kier molecular flexibility index (Phi) is 7.27. The summed E-state index contributed by atoms with van der Waals surface area (Å²) in [4.78, 5) is 20.6. The number of likely N-dealkylation sites (tertiary alicyclic amines) is 2. The molecule has 0 unspecified atom stereocenters. The lowest BCUT2D eigenvalue weighted by Gasteiger charge is -2.41. The summed E-state index contributed by atoms with van der Waals surface area (Å²) in [7, 11) is 0. The number of hydrogen-bond donors (Lipinski definition) is 1. The number of ether oxygens (including phenoxy) is 2. The average Bonchev–Trinajstić information content (AvgIpc) is 3.28. The molecule has 2 saturated heterocycles. The topological polar surface area (TPSA) is 75.1 Å². The number of nitrogens with zero attached hydrogens (tertiary/aromatic N) is 3. The van der Waals surface area contributed by atoms with Gasteiger partial charge in [-0.05, 0) is 88.3 Å². The standard InChI is InChI=1S/C26H31N3O4S/c30-25(31)19-9-15-29(16-10-19)20-11-13-28(14-12-20)17-18-32-21-5-7-22(8-6-21)33-26-27-23-3-1-2-4-24(23)34-26/h1-8,19-20H,9-18H2,(H,30,31). The van der Waals surface area contributed by atoms with Crippen molar-refractivity contribution in [1.29, 1.82) is 0 Å². The number of carboxylic acids is 1. The highest BCUT2D eigenvalue weighted by molar-refractivity contribution is 7.20. The molecular weight excluding hydrogens is 450 g/mol. The molecule has 1 N–H and O–H groups in total. The monoisotopic (exact) mass is 481 g/mol. The van der Waals surface area contributed by atoms with Gasteiger partial charge < -0.3 is 19.5 Å². The molecule has 0 spiro atoms. The lowest BCUT2D eigenvalue weighted by Crippen LogP contribution is -2.48. The van der Waals surface area contributed by atoms with E-state index >= 15 is 0 Å². The van der Waals surface area contributed by atoms with E-state index in [1.54, 1.807) is 0 Å². The van der Waals surface area contributed by atoms with Crippen LogP contribution in [0.5, 0.6) is 16.7 Å². The van der Waals surface area contributed by atoms with Gasteiger partial charge in [0.05, 0.1) is 16.1 Å². The van der Waals surface area contributed by atoms with Crippen molar-refractivity contribution in [1.82, 2.24) is 14.8 Å². The van der Waals surface area contributed by atoms with Crippen molar-refractivity contribution < 1.29 is 19.4 Å². The zero-order chi connectivity index (χ0) is 23.3. The quantitative estimate of drug-likeness (QED) is 0.499. The molecule has 3 heterocycles. The zero-order valence-electron chi connectivity index (χ0n) is 19.3. The maximum Gasteiger partial charge on any atom is 0.306 e. The first-order valence-corrected chi connectivity index (χ1v) is 12.9. The van der Waals surface area contributed by atoms with Crippen LogP contribution in [0, 0.1) is 5.92 Å². The van der Waals surface area contributed by atoms with Crippen molar-refractivity contribution in [2.75, 3.05) is 39.3 Å². The van der Waals surface area contributed by atoms with E-state index in [9.17, 15) is 9.90 Å². The van der Waals surface area contributed by atoms with Gasteiger partial charge in [-0.15, -0.1) is 0 Å². The molecular formula is C26H31N3O4S. The molecule has 2 aliphatic heterocycles. The van der Waals surface area contributed by atoms with Crippen molar-refractivity contribution in [3.05, 3.63) is 48.5 Å². The van der Waals surface area contributed by atoms with Gasteiger partial charge in [0.25, 0.3) is 5.19 Å². The summed E-state index contributed by atoms with van der Waals surface area (Å²) in [5, 5.41) is 9.83. The normalized spacial score (nSPS) is 18.8. The van der Waals surface area contributed by atoms with E-state index in [-0.39, 0.29) is 5.92 Å². The summed E-state index contributed by atoms with van der Waals surface area (Å²) >= 11 is 1.54. The second-order valence-electron chi connectivity index (χ2n) is 9.09. The number of aromatic nitrogens is 1. The minimum absolute atomic E-state index is 0.151. The van der Waals surface area contributed by atoms with E-state index in [1.807, 2.05) is 48.5 Å². The Bertz CT molecular complexity index is 1050. The average molecular weight is 482 g/mol. The Hall–Kier alpha value is -2.68. The molecule has 0 bridgehead atoms. The molecule has 0 amide bonds. The number of fused-ring (bicyclic) bond motifs is 1. The van der Waals surface area contributed by atoms with Crippen LogP contribution in [0.4, 0.5) is 0 Å². The maximum absolute atomic E-state index is 11.2. The molecule has 0 atom stereocenters. The van der Waals surface area contributed by atoms with Crippen LogP contribution in [-0.4, -0.2) is 71.2 Å². The van der Waals surface area contributed by atoms with E-state index < -0.39 is 5.97 Å². The zero-order valence-corrected chi connectivity index (χ0v) is 20.1. The largest absolute Gasteiger partial charge is 0.492 e. The van der Waals surface area contributed by atoms with E-state index in [0.717, 1.165) is 80.1 Å². The first-order valence-electron chi connectivity index (χ1n) is 12.1. The van der Waals surface area contributed by atoms with Crippen molar-refractivity contribution in [2.24, 2.45) is 5.92 Å². The van der Waals surface area contributed by atoms with Crippen LogP contribution in [-0.2, 0) is 4.79 Å². The van der Waals surface area contributed by atoms with Gasteiger partial charge in [-0.1, -0.05) is 23.5 Å². The lowest BCUT2D eigenvalue weighted by atomic mass is 9.93. The molecule has 7 nitrogen and oxygen atoms in total. The smallest absolute Gasteiger partial charge is 0.306 e. The number of carboxylic acid groups (broad SMARTS) is 1. The van der Waals surface area contributed by atoms with Crippen LogP contribution in [0.25, 0.3) is 10.2 Å². The first-order chi connectivity index (χ1) is 16.6. The molecule has 0 saturated carbocycles. The molecule has 8 heteroatoms. The molecule has 1 aromatic heterocycles. The van der Waals surface area contributed by atoms with Gasteiger partial charge in [-0.2, -0.15) is 0 Å². The Balaban J connectivity index is 1.02. The van der Waals surface area contributed by atoms with Crippen LogP contribution in [0.2, 0.25) is 0 Å². The number of benzene rings is 2. The maximum atomic E-state index is 11.2. The highest BCUT2D eigenvalue weighted by Crippen LogP contribution is 2.31. The van der Waals surface area contributed by atoms with Crippen molar-refractivity contribution in [3.8, 4) is 16.7 Å². The van der Waals surface area contributed by atoms with E-state index in [1.165, 1.54) is 11.3 Å². The van der Waals surface area contributed by atoms with Crippen LogP contribution >= 0.6 is 11.3 Å². The molecule has 0 radical (unpaired) electrons. The first kappa shape index (κ1) is 23.1. The summed E-state index contributed by atoms with van der Waals surface area (Å²) in [5.74, 6) is 0.806. The number of carbonyl (C=O) groups is 1. The van der Waals surface area contributed by atoms with Crippen LogP contribution in [0.15, 0.2) is 48.5 Å². The van der Waals surface area contributed by atoms with Crippen LogP contribution < -0.4 is 9.47 Å². The van der Waals surface area contributed by atoms with Gasteiger partial charge >= 0.3 is 5.97 Å². The van der Waals surface area contributed by atoms with Gasteiger partial charge in [-0.3, -0.25) is 9.69 Å². The van der Waals surface area contributed by atoms with E-state index in [0.29, 0.717) is 17.8 Å². The lowest BCUT2D eigenvalue weighted by molar-refractivity contribution is -0.143. The third-order valence-corrected chi connectivity index (χ3v) is 7.85. The fourth-order valence-electron chi connectivity index (χ4n) is 4.91. The number of hydrogen-bond acceptors (Lipinski definition) is 7. The fraction of sp³-hybridized carbons (Fsp3) is 0.462. The third kappa shape index (κ3) is 5.68. The highest BCUT2D eigenvalue weighted by Gasteiger charge is 2.30. The Morgan fingerprint density at radius 1 is 0.971 bits per heavy atom. The summed E-state index contributed by atoms with van der Waals surface area (Å²) in [6.07, 6.45) is 3.87. The SMILES string of the molecule is O=C(O)C1CCN(C2CCN(CCOc3ccc(Oc4nc5ccccc5s4)cc3)CC2)CC1. The molecule has 2 aromatic carbocycles. The van der Waals surface area contributed by atoms with Gasteiger partial charge in [0.1, 0.15) is 18.1 Å². The molecule has 5 rings (SSSR count). The minimum atomic E-state index is -0.634. The van der Waals surface area contributed by atoms with E-state index in [4.69, 9.17) is 9.47 Å². The summed E-state index contributed by atoms with van der Waals surface area (Å²) in [6.45, 7) is 5.56. The Labute approximate surface area is 203 Å². The van der Waals surface area contributed by atoms with Crippen molar-refractivity contribution in [3.63, 3.8) is 0 Å². The number of para-hydroxylation sites is 1. The summed E-state index contributed by atoms with van der Waals surface area (Å²) < 4.78 is 13.0. The summed E-state index contributed by atoms with van der Waals surface area (Å²) in [6, 6.07) is 16.3. The molecule has 2 aliphatic rings.